The zero-order valence-electron chi connectivity index (χ0n) is 11.1. The Hall–Kier alpha value is -1.59. The van der Waals surface area contributed by atoms with Crippen LogP contribution >= 0.6 is 0 Å². The Bertz CT molecular complexity index is 430. The average Bonchev–Trinajstić information content (AvgIpc) is 2.29. The van der Waals surface area contributed by atoms with Gasteiger partial charge in [-0.25, -0.2) is 0 Å². The van der Waals surface area contributed by atoms with Gasteiger partial charge in [0.1, 0.15) is 0 Å². The van der Waals surface area contributed by atoms with E-state index < -0.39 is 11.7 Å². The van der Waals surface area contributed by atoms with Crippen molar-refractivity contribution in [1.82, 2.24) is 0 Å². The van der Waals surface area contributed by atoms with Crippen LogP contribution in [0.15, 0.2) is 12.1 Å². The summed E-state index contributed by atoms with van der Waals surface area (Å²) in [7, 11) is 0. The minimum Gasteiger partial charge on any atom is -0.397 e. The van der Waals surface area contributed by atoms with Crippen molar-refractivity contribution in [3.63, 3.8) is 0 Å². The van der Waals surface area contributed by atoms with Gasteiger partial charge in [0.05, 0.1) is 16.9 Å². The van der Waals surface area contributed by atoms with Crippen LogP contribution in [0, 0.1) is 0 Å². The van der Waals surface area contributed by atoms with Crippen molar-refractivity contribution >= 4 is 17.1 Å². The second kappa shape index (κ2) is 6.04. The van der Waals surface area contributed by atoms with Crippen molar-refractivity contribution in [3.05, 3.63) is 17.7 Å². The molecule has 5 N–H and O–H groups in total. The van der Waals surface area contributed by atoms with Crippen LogP contribution in [-0.2, 0) is 6.18 Å². The first-order chi connectivity index (χ1) is 8.75. The zero-order chi connectivity index (χ0) is 14.6. The van der Waals surface area contributed by atoms with Crippen molar-refractivity contribution in [2.45, 2.75) is 45.3 Å². The highest BCUT2D eigenvalue weighted by molar-refractivity contribution is 5.73. The highest BCUT2D eigenvalue weighted by Gasteiger charge is 2.34. The number of nitrogens with one attached hydrogen (secondary N) is 1. The van der Waals surface area contributed by atoms with Crippen LogP contribution in [0.3, 0.4) is 0 Å². The molecule has 0 saturated heterocycles. The molecule has 0 radical (unpaired) electrons. The molecule has 6 heteroatoms. The van der Waals surface area contributed by atoms with Crippen LogP contribution in [0.1, 0.15) is 38.7 Å². The second-order valence-electron chi connectivity index (χ2n) is 4.71. The number of benzene rings is 1. The topological polar surface area (TPSA) is 64.1 Å². The maximum absolute atomic E-state index is 12.9. The van der Waals surface area contributed by atoms with E-state index in [9.17, 15) is 13.2 Å². The Morgan fingerprint density at radius 2 is 1.79 bits per heavy atom. The lowest BCUT2D eigenvalue weighted by Gasteiger charge is -2.20. The molecule has 0 spiro atoms. The third-order valence-corrected chi connectivity index (χ3v) is 2.92. The largest absolute Gasteiger partial charge is 0.418 e. The maximum atomic E-state index is 12.9. The zero-order valence-corrected chi connectivity index (χ0v) is 11.1. The van der Waals surface area contributed by atoms with E-state index in [1.807, 2.05) is 13.8 Å². The number of nitrogens with two attached hydrogens (primary N) is 2. The van der Waals surface area contributed by atoms with E-state index in [2.05, 4.69) is 5.32 Å². The van der Waals surface area contributed by atoms with Gasteiger partial charge in [-0.3, -0.25) is 0 Å². The normalized spacial score (nSPS) is 13.3. The fourth-order valence-corrected chi connectivity index (χ4v) is 1.84. The van der Waals surface area contributed by atoms with Crippen molar-refractivity contribution in [2.75, 3.05) is 16.8 Å². The van der Waals surface area contributed by atoms with Crippen molar-refractivity contribution < 1.29 is 13.2 Å². The van der Waals surface area contributed by atoms with Crippen LogP contribution in [-0.4, -0.2) is 6.04 Å². The average molecular weight is 275 g/mol. The standard InChI is InChI=1S/C13H20F3N3/c1-3-4-5-8(2)19-12-7-11(18)10(17)6-9(12)13(14,15)16/h6-8,19H,3-5,17-18H2,1-2H3. The van der Waals surface area contributed by atoms with Gasteiger partial charge in [0.2, 0.25) is 0 Å². The summed E-state index contributed by atoms with van der Waals surface area (Å²) in [6.45, 7) is 3.89. The van der Waals surface area contributed by atoms with Gasteiger partial charge in [-0.05, 0) is 25.5 Å². The smallest absolute Gasteiger partial charge is 0.397 e. The van der Waals surface area contributed by atoms with Gasteiger partial charge in [0.15, 0.2) is 0 Å². The van der Waals surface area contributed by atoms with Crippen molar-refractivity contribution in [3.8, 4) is 0 Å². The number of nitrogen functional groups attached to an aromatic ring is 2. The molecule has 0 bridgehead atoms. The summed E-state index contributed by atoms with van der Waals surface area (Å²) in [5.74, 6) is 0. The number of rotatable bonds is 5. The fraction of sp³-hybridized carbons (Fsp3) is 0.538. The van der Waals surface area contributed by atoms with Gasteiger partial charge in [0.25, 0.3) is 0 Å². The van der Waals surface area contributed by atoms with Crippen molar-refractivity contribution in [1.29, 1.82) is 0 Å². The van der Waals surface area contributed by atoms with E-state index in [4.69, 9.17) is 11.5 Å². The summed E-state index contributed by atoms with van der Waals surface area (Å²) < 4.78 is 38.8. The van der Waals surface area contributed by atoms with E-state index in [1.165, 1.54) is 6.07 Å². The van der Waals surface area contributed by atoms with E-state index in [0.29, 0.717) is 0 Å². The predicted octanol–water partition coefficient (Wildman–Crippen LogP) is 3.86. The minimum absolute atomic E-state index is 0.0113. The number of anilines is 3. The molecule has 0 fully saturated rings. The van der Waals surface area contributed by atoms with E-state index in [0.717, 1.165) is 25.3 Å². The van der Waals surface area contributed by atoms with Crippen LogP contribution < -0.4 is 16.8 Å². The van der Waals surface area contributed by atoms with Gasteiger partial charge in [-0.15, -0.1) is 0 Å². The van der Waals surface area contributed by atoms with Crippen LogP contribution in [0.2, 0.25) is 0 Å². The first-order valence-corrected chi connectivity index (χ1v) is 6.28. The van der Waals surface area contributed by atoms with Crippen LogP contribution in [0.4, 0.5) is 30.2 Å². The third-order valence-electron chi connectivity index (χ3n) is 2.92. The Morgan fingerprint density at radius 3 is 2.32 bits per heavy atom. The molecule has 1 atom stereocenters. The molecule has 0 amide bonds. The summed E-state index contributed by atoms with van der Waals surface area (Å²) in [6, 6.07) is 2.08. The van der Waals surface area contributed by atoms with Crippen molar-refractivity contribution in [2.24, 2.45) is 0 Å². The van der Waals surface area contributed by atoms with Crippen LogP contribution in [0.25, 0.3) is 0 Å². The Morgan fingerprint density at radius 1 is 1.21 bits per heavy atom. The summed E-state index contributed by atoms with van der Waals surface area (Å²) >= 11 is 0. The van der Waals surface area contributed by atoms with Crippen LogP contribution in [0.5, 0.6) is 0 Å². The Labute approximate surface area is 111 Å². The summed E-state index contributed by atoms with van der Waals surface area (Å²) in [4.78, 5) is 0. The number of unbranched alkanes of at least 4 members (excludes halogenated alkanes) is 1. The number of hydrogen-bond acceptors (Lipinski definition) is 3. The predicted molar refractivity (Wildman–Crippen MR) is 72.9 cm³/mol. The molecule has 1 aromatic carbocycles. The Balaban J connectivity index is 3.01. The SMILES string of the molecule is CCCCC(C)Nc1cc(N)c(N)cc1C(F)(F)F. The van der Waals surface area contributed by atoms with E-state index in [-0.39, 0.29) is 23.1 Å². The molecular weight excluding hydrogens is 255 g/mol. The lowest BCUT2D eigenvalue weighted by atomic mass is 10.1. The monoisotopic (exact) mass is 275 g/mol. The number of alkyl halides is 3. The summed E-state index contributed by atoms with van der Waals surface area (Å²) in [5, 5.41) is 2.86. The molecule has 0 heterocycles. The molecule has 0 saturated carbocycles. The van der Waals surface area contributed by atoms with Gasteiger partial charge in [-0.1, -0.05) is 19.8 Å². The minimum atomic E-state index is -4.45. The maximum Gasteiger partial charge on any atom is 0.418 e. The highest BCUT2D eigenvalue weighted by Crippen LogP contribution is 2.38. The molecule has 0 aromatic heterocycles. The summed E-state index contributed by atoms with van der Waals surface area (Å²) in [6.07, 6.45) is -1.69. The van der Waals surface area contributed by atoms with E-state index in [1.54, 1.807) is 0 Å². The quantitative estimate of drug-likeness (QED) is 0.715. The molecule has 0 aliphatic carbocycles. The first kappa shape index (κ1) is 15.5. The Kier molecular flexibility index (Phi) is 4.91. The number of hydrogen-bond donors (Lipinski definition) is 3. The van der Waals surface area contributed by atoms with Gasteiger partial charge >= 0.3 is 6.18 Å². The molecule has 108 valence electrons. The molecule has 1 rings (SSSR count). The van der Waals surface area contributed by atoms with E-state index >= 15 is 0 Å². The first-order valence-electron chi connectivity index (χ1n) is 6.28. The van der Waals surface area contributed by atoms with Gasteiger partial charge in [-0.2, -0.15) is 13.2 Å². The van der Waals surface area contributed by atoms with Gasteiger partial charge in [0, 0.05) is 11.7 Å². The molecule has 0 aliphatic heterocycles. The molecule has 0 aliphatic rings. The fourth-order valence-electron chi connectivity index (χ4n) is 1.84. The molecule has 1 unspecified atom stereocenters. The molecule has 1 aromatic rings. The molecule has 19 heavy (non-hydrogen) atoms. The van der Waals surface area contributed by atoms with Gasteiger partial charge < -0.3 is 16.8 Å². The third kappa shape index (κ3) is 4.22. The number of halogens is 3. The molecular formula is C13H20F3N3. The second-order valence-corrected chi connectivity index (χ2v) is 4.71. The highest BCUT2D eigenvalue weighted by atomic mass is 19.4. The summed E-state index contributed by atoms with van der Waals surface area (Å²) in [5.41, 5.74) is 10.3. The lowest BCUT2D eigenvalue weighted by molar-refractivity contribution is -0.136. The lowest BCUT2D eigenvalue weighted by Crippen LogP contribution is -2.19. The molecule has 3 nitrogen and oxygen atoms in total.